The van der Waals surface area contributed by atoms with Crippen molar-refractivity contribution in [3.8, 4) is 11.5 Å². The third-order valence-electron chi connectivity index (χ3n) is 4.27. The van der Waals surface area contributed by atoms with E-state index in [1.165, 1.54) is 23.9 Å². The van der Waals surface area contributed by atoms with Gasteiger partial charge in [-0.25, -0.2) is 9.13 Å². The quantitative estimate of drug-likeness (QED) is 0.488. The topological polar surface area (TPSA) is 27.3 Å². The lowest BCUT2D eigenvalue weighted by atomic mass is 10.3. The third-order valence-corrected chi connectivity index (χ3v) is 4.27. The first kappa shape index (κ1) is 20.3. The number of para-hydroxylation sites is 4. The van der Waals surface area contributed by atoms with Crippen LogP contribution in [0.15, 0.2) is 54.9 Å². The first-order chi connectivity index (χ1) is 12.3. The molecule has 0 unspecified atom stereocenters. The van der Waals surface area contributed by atoms with Crippen LogP contribution in [0.25, 0.3) is 11.0 Å². The van der Waals surface area contributed by atoms with Gasteiger partial charge in [-0.05, 0) is 37.6 Å². The highest BCUT2D eigenvalue weighted by Gasteiger charge is 2.14. The molecule has 140 valence electrons. The Bertz CT molecular complexity index is 817. The van der Waals surface area contributed by atoms with Crippen molar-refractivity contribution in [1.29, 1.82) is 0 Å². The molecular weight excluding hydrogens is 392 g/mol. The summed E-state index contributed by atoms with van der Waals surface area (Å²) < 4.78 is 16.2. The van der Waals surface area contributed by atoms with E-state index in [-0.39, 0.29) is 17.0 Å². The van der Waals surface area contributed by atoms with E-state index in [1.54, 1.807) is 0 Å². The predicted octanol–water partition coefficient (Wildman–Crippen LogP) is 1.21. The molecule has 0 saturated carbocycles. The number of hydrogen-bond acceptors (Lipinski definition) is 2. The number of nitrogens with zero attached hydrogens (tertiary/aromatic N) is 2. The van der Waals surface area contributed by atoms with E-state index in [1.807, 2.05) is 31.2 Å². The molecule has 0 N–H and O–H groups in total. The van der Waals surface area contributed by atoms with Crippen molar-refractivity contribution in [2.24, 2.45) is 0 Å². The summed E-state index contributed by atoms with van der Waals surface area (Å²) >= 11 is 0. The van der Waals surface area contributed by atoms with Crippen LogP contribution in [0.4, 0.5) is 0 Å². The summed E-state index contributed by atoms with van der Waals surface area (Å²) in [7, 11) is 0. The van der Waals surface area contributed by atoms with Crippen molar-refractivity contribution < 1.29 is 31.0 Å². The standard InChI is InChI=1S/C21H27N2O2.BrH/c1-3-5-14-22-17-23(19-11-7-6-10-18(19)22)15-16-25-21-13-9-8-12-20(21)24-4-2;/h6-13,17H,3-5,14-16H2,1-2H3;1H/q+1;/p-1. The number of fused-ring (bicyclic) bond motifs is 1. The number of halogens is 1. The minimum Gasteiger partial charge on any atom is -1.00 e. The van der Waals surface area contributed by atoms with E-state index in [0.717, 1.165) is 24.6 Å². The first-order valence-electron chi connectivity index (χ1n) is 9.15. The van der Waals surface area contributed by atoms with Crippen molar-refractivity contribution in [3.05, 3.63) is 54.9 Å². The van der Waals surface area contributed by atoms with Crippen LogP contribution in [0.2, 0.25) is 0 Å². The Hall–Kier alpha value is -2.01. The average Bonchev–Trinajstić information content (AvgIpc) is 3.00. The molecular formula is C21H27BrN2O2. The molecule has 0 spiro atoms. The van der Waals surface area contributed by atoms with Gasteiger partial charge in [0.1, 0.15) is 13.2 Å². The molecule has 0 aliphatic heterocycles. The monoisotopic (exact) mass is 418 g/mol. The summed E-state index contributed by atoms with van der Waals surface area (Å²) in [6.07, 6.45) is 4.60. The molecule has 0 radical (unpaired) electrons. The fraction of sp³-hybridized carbons (Fsp3) is 0.381. The van der Waals surface area contributed by atoms with E-state index in [9.17, 15) is 0 Å². The molecule has 1 aromatic heterocycles. The van der Waals surface area contributed by atoms with Crippen LogP contribution < -0.4 is 31.0 Å². The highest BCUT2D eigenvalue weighted by molar-refractivity contribution is 5.71. The van der Waals surface area contributed by atoms with Crippen LogP contribution in [0.1, 0.15) is 26.7 Å². The van der Waals surface area contributed by atoms with Crippen LogP contribution in [-0.2, 0) is 13.1 Å². The van der Waals surface area contributed by atoms with Crippen LogP contribution in [-0.4, -0.2) is 17.8 Å². The molecule has 3 aromatic rings. The van der Waals surface area contributed by atoms with Gasteiger partial charge < -0.3 is 26.5 Å². The molecule has 0 aliphatic carbocycles. The van der Waals surface area contributed by atoms with Crippen LogP contribution in [0.3, 0.4) is 0 Å². The minimum atomic E-state index is 0. The highest BCUT2D eigenvalue weighted by atomic mass is 79.9. The Kier molecular flexibility index (Phi) is 7.98. The molecule has 1 heterocycles. The Balaban J connectivity index is 0.00000243. The average molecular weight is 419 g/mol. The van der Waals surface area contributed by atoms with Gasteiger partial charge in [-0.3, -0.25) is 0 Å². The SMILES string of the molecule is CCCC[n+]1cn(CCOc2ccccc2OCC)c2ccccc21.[Br-]. The number of unbranched alkanes of at least 4 members (excludes halogenated alkanes) is 1. The van der Waals surface area contributed by atoms with Crippen molar-refractivity contribution in [1.82, 2.24) is 4.57 Å². The first-order valence-corrected chi connectivity index (χ1v) is 9.15. The lowest BCUT2D eigenvalue weighted by molar-refractivity contribution is -0.672. The van der Waals surface area contributed by atoms with Crippen molar-refractivity contribution in [2.75, 3.05) is 13.2 Å². The smallest absolute Gasteiger partial charge is 0.244 e. The molecule has 26 heavy (non-hydrogen) atoms. The maximum Gasteiger partial charge on any atom is 0.244 e. The summed E-state index contributed by atoms with van der Waals surface area (Å²) in [6, 6.07) is 16.4. The molecule has 0 aliphatic rings. The van der Waals surface area contributed by atoms with Gasteiger partial charge in [0, 0.05) is 0 Å². The fourth-order valence-corrected chi connectivity index (χ4v) is 3.03. The molecule has 3 rings (SSSR count). The fourth-order valence-electron chi connectivity index (χ4n) is 3.03. The minimum absolute atomic E-state index is 0. The maximum absolute atomic E-state index is 5.98. The molecule has 2 aromatic carbocycles. The number of aryl methyl sites for hydroxylation is 1. The number of aromatic nitrogens is 2. The van der Waals surface area contributed by atoms with E-state index in [0.29, 0.717) is 13.2 Å². The molecule has 0 bridgehead atoms. The van der Waals surface area contributed by atoms with Gasteiger partial charge in [-0.15, -0.1) is 0 Å². The van der Waals surface area contributed by atoms with Crippen LogP contribution >= 0.6 is 0 Å². The number of hydrogen-bond donors (Lipinski definition) is 0. The zero-order valence-electron chi connectivity index (χ0n) is 15.5. The molecule has 0 fully saturated rings. The Morgan fingerprint density at radius 1 is 0.923 bits per heavy atom. The van der Waals surface area contributed by atoms with E-state index in [2.05, 4.69) is 46.7 Å². The van der Waals surface area contributed by atoms with Crippen LogP contribution in [0.5, 0.6) is 11.5 Å². The third kappa shape index (κ3) is 4.79. The van der Waals surface area contributed by atoms with Crippen molar-refractivity contribution >= 4 is 11.0 Å². The molecule has 0 atom stereocenters. The normalized spacial score (nSPS) is 10.5. The number of imidazole rings is 1. The number of rotatable bonds is 9. The molecule has 4 nitrogen and oxygen atoms in total. The lowest BCUT2D eigenvalue weighted by Gasteiger charge is -2.10. The zero-order chi connectivity index (χ0) is 17.5. The van der Waals surface area contributed by atoms with E-state index in [4.69, 9.17) is 9.47 Å². The van der Waals surface area contributed by atoms with Gasteiger partial charge in [-0.1, -0.05) is 37.6 Å². The molecule has 0 saturated heterocycles. The maximum atomic E-state index is 5.98. The molecule has 5 heteroatoms. The second-order valence-corrected chi connectivity index (χ2v) is 6.07. The van der Waals surface area contributed by atoms with Gasteiger partial charge in [0.15, 0.2) is 22.5 Å². The van der Waals surface area contributed by atoms with Gasteiger partial charge in [-0.2, -0.15) is 0 Å². The van der Waals surface area contributed by atoms with Crippen LogP contribution in [0, 0.1) is 0 Å². The van der Waals surface area contributed by atoms with Gasteiger partial charge >= 0.3 is 0 Å². The van der Waals surface area contributed by atoms with E-state index < -0.39 is 0 Å². The Morgan fingerprint density at radius 3 is 2.35 bits per heavy atom. The Labute approximate surface area is 166 Å². The summed E-state index contributed by atoms with van der Waals surface area (Å²) in [4.78, 5) is 0. The van der Waals surface area contributed by atoms with E-state index >= 15 is 0 Å². The largest absolute Gasteiger partial charge is 1.00 e. The zero-order valence-corrected chi connectivity index (χ0v) is 17.1. The summed E-state index contributed by atoms with van der Waals surface area (Å²) in [5, 5.41) is 0. The predicted molar refractivity (Wildman–Crippen MR) is 100 cm³/mol. The van der Waals surface area contributed by atoms with Crippen molar-refractivity contribution in [3.63, 3.8) is 0 Å². The lowest BCUT2D eigenvalue weighted by Crippen LogP contribution is -3.00. The second-order valence-electron chi connectivity index (χ2n) is 6.07. The van der Waals surface area contributed by atoms with Gasteiger partial charge in [0.25, 0.3) is 0 Å². The summed E-state index contributed by atoms with van der Waals surface area (Å²) in [5.74, 6) is 1.61. The highest BCUT2D eigenvalue weighted by Crippen LogP contribution is 2.26. The van der Waals surface area contributed by atoms with Crippen molar-refractivity contribution in [2.45, 2.75) is 39.8 Å². The van der Waals surface area contributed by atoms with Gasteiger partial charge in [0.05, 0.1) is 13.2 Å². The summed E-state index contributed by atoms with van der Waals surface area (Å²) in [5.41, 5.74) is 2.53. The Morgan fingerprint density at radius 2 is 1.62 bits per heavy atom. The summed E-state index contributed by atoms with van der Waals surface area (Å²) in [6.45, 7) is 7.32. The number of benzene rings is 2. The molecule has 0 amide bonds. The number of ether oxygens (including phenoxy) is 2. The van der Waals surface area contributed by atoms with Gasteiger partial charge in [0.2, 0.25) is 6.33 Å². The second kappa shape index (κ2) is 10.2.